The Balaban J connectivity index is 2.33. The average molecular weight is 300 g/mol. The zero-order valence-electron chi connectivity index (χ0n) is 9.55. The maximum absolute atomic E-state index is 12.2. The van der Waals surface area contributed by atoms with Crippen LogP contribution in [0.15, 0.2) is 35.4 Å². The number of nitrogens with zero attached hydrogens (tertiary/aromatic N) is 1. The van der Waals surface area contributed by atoms with Gasteiger partial charge in [-0.2, -0.15) is 0 Å². The molecule has 18 heavy (non-hydrogen) atoms. The van der Waals surface area contributed by atoms with Gasteiger partial charge in [0.25, 0.3) is 5.91 Å². The summed E-state index contributed by atoms with van der Waals surface area (Å²) in [6.07, 6.45) is 1.44. The molecule has 0 atom stereocenters. The summed E-state index contributed by atoms with van der Waals surface area (Å²) in [6, 6.07) is 7.10. The first kappa shape index (κ1) is 13.4. The molecule has 6 heteroatoms. The number of para-hydroxylation sites is 1. The van der Waals surface area contributed by atoms with E-state index < -0.39 is 0 Å². The molecular weight excluding hydrogens is 290 g/mol. The van der Waals surface area contributed by atoms with Gasteiger partial charge in [0.2, 0.25) is 0 Å². The van der Waals surface area contributed by atoms with E-state index in [-0.39, 0.29) is 5.91 Å². The van der Waals surface area contributed by atoms with E-state index in [0.717, 1.165) is 0 Å². The van der Waals surface area contributed by atoms with Crippen LogP contribution in [-0.2, 0) is 9.53 Å². The number of hydrogen-bond acceptors (Lipinski definition) is 4. The van der Waals surface area contributed by atoms with Gasteiger partial charge in [-0.15, -0.1) is 0 Å². The van der Waals surface area contributed by atoms with Gasteiger partial charge in [-0.05, 0) is 19.1 Å². The lowest BCUT2D eigenvalue weighted by Gasteiger charge is -2.15. The highest BCUT2D eigenvalue weighted by Gasteiger charge is 2.34. The molecule has 1 aliphatic rings. The molecule has 1 saturated heterocycles. The Morgan fingerprint density at radius 3 is 2.89 bits per heavy atom. The quantitative estimate of drug-likeness (QED) is 0.485. The third-order valence-corrected chi connectivity index (χ3v) is 3.84. The van der Waals surface area contributed by atoms with Gasteiger partial charge in [-0.1, -0.05) is 47.7 Å². The Hall–Kier alpha value is -1.04. The Bertz CT molecular complexity index is 531. The lowest BCUT2D eigenvalue weighted by atomic mass is 10.3. The van der Waals surface area contributed by atoms with Crippen molar-refractivity contribution in [1.82, 2.24) is 0 Å². The number of thioether (sulfide) groups is 1. The summed E-state index contributed by atoms with van der Waals surface area (Å²) in [5.41, 5.74) is 0.599. The van der Waals surface area contributed by atoms with Crippen molar-refractivity contribution in [3.63, 3.8) is 0 Å². The standard InChI is InChI=1S/C12H10ClNO2S2/c1-2-16-7-10-11(15)14(12(17)18-10)9-6-4-3-5-8(9)13/h3-7H,2H2,1H3/b10-7+. The summed E-state index contributed by atoms with van der Waals surface area (Å²) in [7, 11) is 0. The number of carbonyl (C=O) groups is 1. The van der Waals surface area contributed by atoms with E-state index in [1.807, 2.05) is 13.0 Å². The number of thiocarbonyl (C=S) groups is 1. The predicted molar refractivity (Wildman–Crippen MR) is 78.8 cm³/mol. The fourth-order valence-corrected chi connectivity index (χ4v) is 2.88. The van der Waals surface area contributed by atoms with Crippen LogP contribution in [-0.4, -0.2) is 16.8 Å². The summed E-state index contributed by atoms with van der Waals surface area (Å²) >= 11 is 12.5. The molecule has 0 N–H and O–H groups in total. The smallest absolute Gasteiger partial charge is 0.273 e. The fourth-order valence-electron chi connectivity index (χ4n) is 1.45. The molecular formula is C12H10ClNO2S2. The number of halogens is 1. The highest BCUT2D eigenvalue weighted by atomic mass is 35.5. The van der Waals surface area contributed by atoms with Crippen LogP contribution in [0.2, 0.25) is 5.02 Å². The van der Waals surface area contributed by atoms with Gasteiger partial charge in [0.15, 0.2) is 4.32 Å². The molecule has 1 aromatic rings. The van der Waals surface area contributed by atoms with Crippen LogP contribution in [0.1, 0.15) is 6.92 Å². The molecule has 1 heterocycles. The summed E-state index contributed by atoms with van der Waals surface area (Å²) in [5.74, 6) is -0.202. The highest BCUT2D eigenvalue weighted by Crippen LogP contribution is 2.37. The lowest BCUT2D eigenvalue weighted by molar-refractivity contribution is -0.113. The van der Waals surface area contributed by atoms with Crippen LogP contribution >= 0.6 is 35.6 Å². The Morgan fingerprint density at radius 2 is 2.22 bits per heavy atom. The van der Waals surface area contributed by atoms with Crippen molar-refractivity contribution in [2.75, 3.05) is 11.5 Å². The van der Waals surface area contributed by atoms with Crippen LogP contribution in [0.25, 0.3) is 0 Å². The molecule has 1 aliphatic heterocycles. The molecule has 1 aromatic carbocycles. The molecule has 94 valence electrons. The van der Waals surface area contributed by atoms with Crippen molar-refractivity contribution in [2.45, 2.75) is 6.92 Å². The third kappa shape index (κ3) is 2.53. The zero-order valence-corrected chi connectivity index (χ0v) is 11.9. The Morgan fingerprint density at radius 1 is 1.50 bits per heavy atom. The molecule has 0 spiro atoms. The first-order valence-electron chi connectivity index (χ1n) is 5.27. The van der Waals surface area contributed by atoms with Crippen LogP contribution in [0.4, 0.5) is 5.69 Å². The zero-order chi connectivity index (χ0) is 13.1. The predicted octanol–water partition coefficient (Wildman–Crippen LogP) is 3.58. The number of rotatable bonds is 3. The van der Waals surface area contributed by atoms with E-state index in [1.54, 1.807) is 18.2 Å². The fraction of sp³-hybridized carbons (Fsp3) is 0.167. The van der Waals surface area contributed by atoms with E-state index in [2.05, 4.69) is 0 Å². The topological polar surface area (TPSA) is 29.5 Å². The average Bonchev–Trinajstić information content (AvgIpc) is 2.63. The van der Waals surface area contributed by atoms with Gasteiger partial charge in [-0.3, -0.25) is 9.69 Å². The Labute approximate surface area is 120 Å². The molecule has 1 fully saturated rings. The van der Waals surface area contributed by atoms with Crippen LogP contribution in [0.3, 0.4) is 0 Å². The van der Waals surface area contributed by atoms with Gasteiger partial charge in [0.05, 0.1) is 17.3 Å². The SMILES string of the molecule is CCO/C=C1/SC(=S)N(c2ccccc2Cl)C1=O. The second-order valence-electron chi connectivity index (χ2n) is 3.40. The van der Waals surface area contributed by atoms with Crippen molar-refractivity contribution < 1.29 is 9.53 Å². The first-order valence-corrected chi connectivity index (χ1v) is 6.88. The molecule has 0 bridgehead atoms. The largest absolute Gasteiger partial charge is 0.500 e. The van der Waals surface area contributed by atoms with Gasteiger partial charge >= 0.3 is 0 Å². The first-order chi connectivity index (χ1) is 8.65. The van der Waals surface area contributed by atoms with E-state index >= 15 is 0 Å². The summed E-state index contributed by atoms with van der Waals surface area (Å²) < 4.78 is 5.59. The van der Waals surface area contributed by atoms with Crippen molar-refractivity contribution in [3.05, 3.63) is 40.5 Å². The molecule has 0 saturated carbocycles. The molecule has 1 amide bonds. The molecule has 0 aliphatic carbocycles. The molecule has 3 nitrogen and oxygen atoms in total. The van der Waals surface area contributed by atoms with Crippen molar-refractivity contribution in [3.8, 4) is 0 Å². The summed E-state index contributed by atoms with van der Waals surface area (Å²) in [5, 5.41) is 0.492. The highest BCUT2D eigenvalue weighted by molar-refractivity contribution is 8.27. The van der Waals surface area contributed by atoms with Crippen molar-refractivity contribution in [1.29, 1.82) is 0 Å². The Kier molecular flexibility index (Phi) is 4.27. The minimum Gasteiger partial charge on any atom is -0.500 e. The van der Waals surface area contributed by atoms with Crippen LogP contribution < -0.4 is 4.90 Å². The number of ether oxygens (including phenoxy) is 1. The van der Waals surface area contributed by atoms with E-state index in [1.165, 1.54) is 22.9 Å². The number of hydrogen-bond donors (Lipinski definition) is 0. The second kappa shape index (κ2) is 5.73. The monoisotopic (exact) mass is 299 g/mol. The normalized spacial score (nSPS) is 17.7. The maximum atomic E-state index is 12.2. The molecule has 0 unspecified atom stereocenters. The number of carbonyl (C=O) groups excluding carboxylic acids is 1. The molecule has 0 aromatic heterocycles. The maximum Gasteiger partial charge on any atom is 0.273 e. The second-order valence-corrected chi connectivity index (χ2v) is 5.48. The van der Waals surface area contributed by atoms with E-state index in [9.17, 15) is 4.79 Å². The summed E-state index contributed by atoms with van der Waals surface area (Å²) in [6.45, 7) is 2.36. The number of amides is 1. The molecule has 0 radical (unpaired) electrons. The summed E-state index contributed by atoms with van der Waals surface area (Å²) in [4.78, 5) is 14.1. The van der Waals surface area contributed by atoms with Gasteiger partial charge in [0, 0.05) is 0 Å². The van der Waals surface area contributed by atoms with E-state index in [4.69, 9.17) is 28.6 Å². The molecule has 2 rings (SSSR count). The number of benzene rings is 1. The minimum absolute atomic E-state index is 0.202. The van der Waals surface area contributed by atoms with Crippen LogP contribution in [0.5, 0.6) is 0 Å². The lowest BCUT2D eigenvalue weighted by Crippen LogP contribution is -2.27. The minimum atomic E-state index is -0.202. The van der Waals surface area contributed by atoms with E-state index in [0.29, 0.717) is 26.5 Å². The van der Waals surface area contributed by atoms with Crippen molar-refractivity contribution in [2.24, 2.45) is 0 Å². The van der Waals surface area contributed by atoms with Gasteiger partial charge in [-0.25, -0.2) is 0 Å². The van der Waals surface area contributed by atoms with Crippen LogP contribution in [0, 0.1) is 0 Å². The van der Waals surface area contributed by atoms with Crippen molar-refractivity contribution >= 4 is 51.5 Å². The number of anilines is 1. The van der Waals surface area contributed by atoms with Gasteiger partial charge < -0.3 is 4.74 Å². The van der Waals surface area contributed by atoms with Gasteiger partial charge in [0.1, 0.15) is 11.2 Å². The third-order valence-electron chi connectivity index (χ3n) is 2.24.